The quantitative estimate of drug-likeness (QED) is 0.729. The minimum atomic E-state index is -0.973. The molecule has 0 spiro atoms. The summed E-state index contributed by atoms with van der Waals surface area (Å²) >= 11 is 0. The van der Waals surface area contributed by atoms with Gasteiger partial charge in [0.2, 0.25) is 0 Å². The van der Waals surface area contributed by atoms with E-state index < -0.39 is 5.97 Å². The van der Waals surface area contributed by atoms with Crippen LogP contribution in [0.25, 0.3) is 11.0 Å². The second-order valence-corrected chi connectivity index (χ2v) is 5.03. The number of aryl methyl sites for hydroxylation is 1. The van der Waals surface area contributed by atoms with Crippen molar-refractivity contribution in [2.24, 2.45) is 0 Å². The zero-order valence-corrected chi connectivity index (χ0v) is 11.9. The summed E-state index contributed by atoms with van der Waals surface area (Å²) in [6.45, 7) is 0.612. The minimum Gasteiger partial charge on any atom is -0.478 e. The molecule has 0 fully saturated rings. The maximum Gasteiger partial charge on any atom is 0.335 e. The van der Waals surface area contributed by atoms with Gasteiger partial charge in [0.15, 0.2) is 0 Å². The van der Waals surface area contributed by atoms with Crippen molar-refractivity contribution in [3.8, 4) is 0 Å². The molecule has 0 bridgehead atoms. The number of imidazole rings is 1. The van der Waals surface area contributed by atoms with Crippen LogP contribution in [0.2, 0.25) is 0 Å². The first-order valence-electron chi connectivity index (χ1n) is 7.04. The molecule has 0 saturated heterocycles. The summed E-state index contributed by atoms with van der Waals surface area (Å²) in [7, 11) is 0. The number of hydrogen-bond donors (Lipinski definition) is 2. The number of aliphatic hydroxyl groups excluding tert-OH is 1. The first kappa shape index (κ1) is 14.3. The Bertz CT molecular complexity index is 790. The Kier molecular flexibility index (Phi) is 3.93. The van der Waals surface area contributed by atoms with Crippen molar-refractivity contribution in [3.63, 3.8) is 0 Å². The molecule has 3 aromatic rings. The van der Waals surface area contributed by atoms with Crippen LogP contribution in [0.1, 0.15) is 28.4 Å². The van der Waals surface area contributed by atoms with E-state index in [1.807, 2.05) is 16.7 Å². The van der Waals surface area contributed by atoms with Crippen LogP contribution in [0.4, 0.5) is 0 Å². The fraction of sp³-hybridized carbons (Fsp3) is 0.250. The Balaban J connectivity index is 2.06. The summed E-state index contributed by atoms with van der Waals surface area (Å²) in [6, 6.07) is 8.61. The molecule has 0 aliphatic heterocycles. The molecule has 6 nitrogen and oxygen atoms in total. The standard InChI is InChI=1S/C16H16N2O4/c19-7-1-4-15-17-13-9-11(16(20)21)5-6-14(13)18(15)10-12-3-2-8-22-12/h2-3,5-6,8-9,19H,1,4,7,10H2,(H,20,21). The van der Waals surface area contributed by atoms with Crippen molar-refractivity contribution in [1.82, 2.24) is 9.55 Å². The molecular formula is C16H16N2O4. The summed E-state index contributed by atoms with van der Waals surface area (Å²) in [5, 5.41) is 18.1. The minimum absolute atomic E-state index is 0.0876. The fourth-order valence-corrected chi connectivity index (χ4v) is 2.48. The lowest BCUT2D eigenvalue weighted by Crippen LogP contribution is -2.05. The van der Waals surface area contributed by atoms with Crippen LogP contribution in [0, 0.1) is 0 Å². The van der Waals surface area contributed by atoms with Crippen LogP contribution in [0.5, 0.6) is 0 Å². The lowest BCUT2D eigenvalue weighted by molar-refractivity contribution is 0.0697. The fourth-order valence-electron chi connectivity index (χ4n) is 2.48. The number of fused-ring (bicyclic) bond motifs is 1. The van der Waals surface area contributed by atoms with Gasteiger partial charge in [-0.15, -0.1) is 0 Å². The highest BCUT2D eigenvalue weighted by molar-refractivity contribution is 5.92. The largest absolute Gasteiger partial charge is 0.478 e. The van der Waals surface area contributed by atoms with E-state index in [9.17, 15) is 4.79 Å². The topological polar surface area (TPSA) is 88.5 Å². The van der Waals surface area contributed by atoms with E-state index in [1.165, 1.54) is 0 Å². The molecule has 1 aromatic carbocycles. The number of benzene rings is 1. The van der Waals surface area contributed by atoms with Gasteiger partial charge in [-0.1, -0.05) is 0 Å². The number of hydrogen-bond acceptors (Lipinski definition) is 4. The first-order valence-corrected chi connectivity index (χ1v) is 7.04. The molecule has 2 aromatic heterocycles. The van der Waals surface area contributed by atoms with Crippen molar-refractivity contribution in [1.29, 1.82) is 0 Å². The predicted octanol–water partition coefficient (Wildman–Crippen LogP) is 2.30. The van der Waals surface area contributed by atoms with Crippen molar-refractivity contribution in [3.05, 3.63) is 53.7 Å². The Hall–Kier alpha value is -2.60. The lowest BCUT2D eigenvalue weighted by Gasteiger charge is -2.07. The van der Waals surface area contributed by atoms with Gasteiger partial charge in [-0.25, -0.2) is 9.78 Å². The zero-order chi connectivity index (χ0) is 15.5. The van der Waals surface area contributed by atoms with E-state index >= 15 is 0 Å². The van der Waals surface area contributed by atoms with E-state index in [4.69, 9.17) is 14.6 Å². The Labute approximate surface area is 126 Å². The Morgan fingerprint density at radius 3 is 2.86 bits per heavy atom. The van der Waals surface area contributed by atoms with Gasteiger partial charge in [0, 0.05) is 13.0 Å². The molecule has 0 unspecified atom stereocenters. The van der Waals surface area contributed by atoms with E-state index in [0.717, 1.165) is 17.1 Å². The normalized spacial score (nSPS) is 11.1. The zero-order valence-electron chi connectivity index (χ0n) is 11.9. The van der Waals surface area contributed by atoms with E-state index in [1.54, 1.807) is 24.5 Å². The molecule has 2 heterocycles. The van der Waals surface area contributed by atoms with Gasteiger partial charge in [0.05, 0.1) is 29.4 Å². The summed E-state index contributed by atoms with van der Waals surface area (Å²) < 4.78 is 7.38. The van der Waals surface area contributed by atoms with Crippen molar-refractivity contribution in [2.75, 3.05) is 6.61 Å². The van der Waals surface area contributed by atoms with Crippen LogP contribution in [-0.4, -0.2) is 32.3 Å². The summed E-state index contributed by atoms with van der Waals surface area (Å²) in [6.07, 6.45) is 2.84. The average molecular weight is 300 g/mol. The molecule has 2 N–H and O–H groups in total. The summed E-state index contributed by atoms with van der Waals surface area (Å²) in [4.78, 5) is 15.6. The smallest absolute Gasteiger partial charge is 0.335 e. The number of aromatic nitrogens is 2. The van der Waals surface area contributed by atoms with Crippen LogP contribution in [-0.2, 0) is 13.0 Å². The molecule has 22 heavy (non-hydrogen) atoms. The predicted molar refractivity (Wildman–Crippen MR) is 79.9 cm³/mol. The van der Waals surface area contributed by atoms with Gasteiger partial charge in [-0.3, -0.25) is 0 Å². The molecule has 0 atom stereocenters. The van der Waals surface area contributed by atoms with Gasteiger partial charge in [-0.05, 0) is 36.8 Å². The third-order valence-corrected chi connectivity index (χ3v) is 3.53. The monoisotopic (exact) mass is 300 g/mol. The third kappa shape index (κ3) is 2.73. The van der Waals surface area contributed by atoms with Crippen LogP contribution in [0.3, 0.4) is 0 Å². The Morgan fingerprint density at radius 2 is 2.18 bits per heavy atom. The maximum atomic E-state index is 11.1. The second kappa shape index (κ2) is 6.03. The van der Waals surface area contributed by atoms with E-state index in [2.05, 4.69) is 4.98 Å². The number of nitrogens with zero attached hydrogens (tertiary/aromatic N) is 2. The molecule has 0 aliphatic rings. The number of aromatic carboxylic acids is 1. The number of carbonyl (C=O) groups is 1. The first-order chi connectivity index (χ1) is 10.7. The van der Waals surface area contributed by atoms with Crippen LogP contribution in [0.15, 0.2) is 41.0 Å². The number of furan rings is 1. The highest BCUT2D eigenvalue weighted by atomic mass is 16.4. The van der Waals surface area contributed by atoms with E-state index in [-0.39, 0.29) is 12.2 Å². The number of aliphatic hydroxyl groups is 1. The molecular weight excluding hydrogens is 284 g/mol. The van der Waals surface area contributed by atoms with Crippen molar-refractivity contribution < 1.29 is 19.4 Å². The Morgan fingerprint density at radius 1 is 1.32 bits per heavy atom. The van der Waals surface area contributed by atoms with Crippen molar-refractivity contribution >= 4 is 17.0 Å². The molecule has 0 aliphatic carbocycles. The highest BCUT2D eigenvalue weighted by Crippen LogP contribution is 2.21. The molecule has 114 valence electrons. The highest BCUT2D eigenvalue weighted by Gasteiger charge is 2.14. The molecule has 6 heteroatoms. The van der Waals surface area contributed by atoms with Gasteiger partial charge in [-0.2, -0.15) is 0 Å². The van der Waals surface area contributed by atoms with Gasteiger partial charge >= 0.3 is 5.97 Å². The number of carboxylic acid groups (broad SMARTS) is 1. The lowest BCUT2D eigenvalue weighted by atomic mass is 10.2. The third-order valence-electron chi connectivity index (χ3n) is 3.53. The van der Waals surface area contributed by atoms with Crippen LogP contribution >= 0.6 is 0 Å². The molecule has 0 saturated carbocycles. The van der Waals surface area contributed by atoms with E-state index in [0.29, 0.717) is 24.9 Å². The average Bonchev–Trinajstić information content (AvgIpc) is 3.13. The SMILES string of the molecule is O=C(O)c1ccc2c(c1)nc(CCCO)n2Cc1ccco1. The maximum absolute atomic E-state index is 11.1. The molecule has 0 radical (unpaired) electrons. The van der Waals surface area contributed by atoms with Gasteiger partial charge in [0.1, 0.15) is 11.6 Å². The van der Waals surface area contributed by atoms with Gasteiger partial charge in [0.25, 0.3) is 0 Å². The van der Waals surface area contributed by atoms with Gasteiger partial charge < -0.3 is 19.2 Å². The van der Waals surface area contributed by atoms with Crippen LogP contribution < -0.4 is 0 Å². The summed E-state index contributed by atoms with van der Waals surface area (Å²) in [5.74, 6) is 0.634. The van der Waals surface area contributed by atoms with Crippen molar-refractivity contribution in [2.45, 2.75) is 19.4 Å². The molecule has 0 amide bonds. The summed E-state index contributed by atoms with van der Waals surface area (Å²) in [5.41, 5.74) is 1.71. The number of carboxylic acids is 1. The molecule has 3 rings (SSSR count). The number of rotatable bonds is 6. The second-order valence-electron chi connectivity index (χ2n) is 5.03.